The summed E-state index contributed by atoms with van der Waals surface area (Å²) >= 11 is 0. The van der Waals surface area contributed by atoms with E-state index in [1.807, 2.05) is 24.3 Å². The van der Waals surface area contributed by atoms with Crippen molar-refractivity contribution in [2.24, 2.45) is 0 Å². The largest absolute Gasteiger partial charge is 0.417 e. The average Bonchev–Trinajstić information content (AvgIpc) is 3.64. The predicted molar refractivity (Wildman–Crippen MR) is 146 cm³/mol. The van der Waals surface area contributed by atoms with Crippen LogP contribution in [0.4, 0.5) is 26.3 Å². The van der Waals surface area contributed by atoms with Gasteiger partial charge in [0.25, 0.3) is 0 Å². The first-order valence-corrected chi connectivity index (χ1v) is 12.6. The van der Waals surface area contributed by atoms with Crippen LogP contribution in [0.3, 0.4) is 0 Å². The first-order valence-electron chi connectivity index (χ1n) is 12.6. The molecule has 8 heteroatoms. The molecule has 194 valence electrons. The maximum Gasteiger partial charge on any atom is 0.417 e. The third-order valence-electron chi connectivity index (χ3n) is 8.40. The molecule has 2 nitrogen and oxygen atoms in total. The van der Waals surface area contributed by atoms with Crippen molar-refractivity contribution in [2.75, 3.05) is 0 Å². The molecule has 0 amide bonds. The lowest BCUT2D eigenvalue weighted by Gasteiger charge is -2.11. The predicted octanol–water partition coefficient (Wildman–Crippen LogP) is 10.0. The van der Waals surface area contributed by atoms with E-state index in [0.29, 0.717) is 65.4 Å². The van der Waals surface area contributed by atoms with E-state index >= 15 is 0 Å². The molecule has 9 aromatic rings. The highest BCUT2D eigenvalue weighted by molar-refractivity contribution is 6.45. The van der Waals surface area contributed by atoms with E-state index in [1.54, 1.807) is 45.2 Å². The van der Waals surface area contributed by atoms with E-state index in [1.165, 1.54) is 12.1 Å². The van der Waals surface area contributed by atoms with Gasteiger partial charge in [0.1, 0.15) is 0 Å². The molecule has 40 heavy (non-hydrogen) atoms. The zero-order valence-electron chi connectivity index (χ0n) is 20.2. The van der Waals surface area contributed by atoms with Crippen molar-refractivity contribution in [3.63, 3.8) is 0 Å². The third-order valence-corrected chi connectivity index (χ3v) is 8.40. The fourth-order valence-corrected chi connectivity index (χ4v) is 7.13. The van der Waals surface area contributed by atoms with Gasteiger partial charge in [0.05, 0.1) is 44.2 Å². The summed E-state index contributed by atoms with van der Waals surface area (Å²) in [4.78, 5) is 0. The SMILES string of the molecule is FC(F)(F)c1cccc2c1c1c3c4ccccc4n4c5cccc(C(F)(F)F)c5c(c5c6ccccc6n2c51)c34. The van der Waals surface area contributed by atoms with Crippen LogP contribution in [0, 0.1) is 0 Å². The Bertz CT molecular complexity index is 2330. The van der Waals surface area contributed by atoms with Crippen molar-refractivity contribution in [3.05, 3.63) is 96.1 Å². The summed E-state index contributed by atoms with van der Waals surface area (Å²) in [5, 5.41) is 3.38. The molecule has 0 atom stereocenters. The molecular formula is C32H14F6N2. The van der Waals surface area contributed by atoms with Crippen molar-refractivity contribution in [3.8, 4) is 0 Å². The van der Waals surface area contributed by atoms with Crippen LogP contribution in [-0.4, -0.2) is 8.80 Å². The van der Waals surface area contributed by atoms with Gasteiger partial charge in [-0.05, 0) is 36.4 Å². The van der Waals surface area contributed by atoms with Crippen LogP contribution in [0.5, 0.6) is 0 Å². The van der Waals surface area contributed by atoms with Gasteiger partial charge in [-0.3, -0.25) is 0 Å². The molecule has 5 aromatic carbocycles. The van der Waals surface area contributed by atoms with E-state index < -0.39 is 23.5 Å². The van der Waals surface area contributed by atoms with Crippen molar-refractivity contribution < 1.29 is 26.3 Å². The van der Waals surface area contributed by atoms with E-state index in [9.17, 15) is 26.3 Å². The van der Waals surface area contributed by atoms with E-state index in [2.05, 4.69) is 0 Å². The molecule has 0 fully saturated rings. The van der Waals surface area contributed by atoms with Gasteiger partial charge in [-0.25, -0.2) is 0 Å². The number of alkyl halides is 6. The first-order chi connectivity index (χ1) is 19.2. The van der Waals surface area contributed by atoms with Crippen molar-refractivity contribution in [1.82, 2.24) is 8.80 Å². The fourth-order valence-electron chi connectivity index (χ4n) is 7.13. The monoisotopic (exact) mass is 540 g/mol. The summed E-state index contributed by atoms with van der Waals surface area (Å²) in [5.74, 6) is 0. The number of fused-ring (bicyclic) bond motifs is 14. The molecule has 0 aliphatic heterocycles. The molecule has 0 saturated heterocycles. The smallest absolute Gasteiger partial charge is 0.308 e. The van der Waals surface area contributed by atoms with E-state index in [0.717, 1.165) is 12.1 Å². The molecular weight excluding hydrogens is 526 g/mol. The number of nitrogens with zero attached hydrogens (tertiary/aromatic N) is 2. The number of hydrogen-bond donors (Lipinski definition) is 0. The molecule has 9 rings (SSSR count). The van der Waals surface area contributed by atoms with Crippen LogP contribution in [-0.2, 0) is 12.4 Å². The third kappa shape index (κ3) is 2.36. The van der Waals surface area contributed by atoms with Crippen LogP contribution >= 0.6 is 0 Å². The summed E-state index contributed by atoms with van der Waals surface area (Å²) < 4.78 is 90.8. The zero-order chi connectivity index (χ0) is 27.3. The number of para-hydroxylation sites is 2. The summed E-state index contributed by atoms with van der Waals surface area (Å²) in [6.45, 7) is 0. The minimum Gasteiger partial charge on any atom is -0.308 e. The number of halogens is 6. The molecule has 0 aliphatic rings. The van der Waals surface area contributed by atoms with E-state index in [4.69, 9.17) is 0 Å². The fraction of sp³-hybridized carbons (Fsp3) is 0.0625. The van der Waals surface area contributed by atoms with Gasteiger partial charge in [0, 0.05) is 43.1 Å². The Morgan fingerprint density at radius 3 is 1.15 bits per heavy atom. The topological polar surface area (TPSA) is 8.82 Å². The lowest BCUT2D eigenvalue weighted by atomic mass is 9.95. The second kappa shape index (κ2) is 6.70. The second-order valence-electron chi connectivity index (χ2n) is 10.3. The highest BCUT2D eigenvalue weighted by Gasteiger charge is 2.39. The molecule has 4 heterocycles. The van der Waals surface area contributed by atoms with Crippen LogP contribution in [0.25, 0.3) is 76.2 Å². The van der Waals surface area contributed by atoms with Gasteiger partial charge in [-0.1, -0.05) is 48.5 Å². The average molecular weight is 540 g/mol. The normalized spacial score (nSPS) is 13.8. The Kier molecular flexibility index (Phi) is 3.71. The Hall–Kier alpha value is -4.72. The maximum atomic E-state index is 14.5. The van der Waals surface area contributed by atoms with Crippen LogP contribution < -0.4 is 0 Å². The van der Waals surface area contributed by atoms with Gasteiger partial charge in [0.2, 0.25) is 0 Å². The summed E-state index contributed by atoms with van der Waals surface area (Å²) in [7, 11) is 0. The molecule has 0 N–H and O–H groups in total. The standard InChI is InChI=1S/C32H14F6N2/c33-31(34,35)17-9-6-14-22-25(17)27-23-15-7-1-3-11-19(15)39-21-13-5-10-18(32(36,37)38)26(21)28(29(23)39)24-16-8-2-4-12-20(16)40(22)30(24)27/h1-14H. The van der Waals surface area contributed by atoms with Gasteiger partial charge in [0.15, 0.2) is 0 Å². The lowest BCUT2D eigenvalue weighted by molar-refractivity contribution is -0.137. The van der Waals surface area contributed by atoms with Crippen LogP contribution in [0.15, 0.2) is 84.9 Å². The summed E-state index contributed by atoms with van der Waals surface area (Å²) in [6.07, 6.45) is -9.26. The lowest BCUT2D eigenvalue weighted by Crippen LogP contribution is -2.05. The molecule has 0 bridgehead atoms. The molecule has 0 saturated carbocycles. The summed E-state index contributed by atoms with van der Waals surface area (Å²) in [5.41, 5.74) is 1.51. The maximum absolute atomic E-state index is 14.5. The minimum absolute atomic E-state index is 0.0576. The van der Waals surface area contributed by atoms with Crippen LogP contribution in [0.1, 0.15) is 11.1 Å². The number of rotatable bonds is 0. The van der Waals surface area contributed by atoms with Gasteiger partial charge >= 0.3 is 12.4 Å². The van der Waals surface area contributed by atoms with Gasteiger partial charge in [-0.15, -0.1) is 0 Å². The van der Waals surface area contributed by atoms with Gasteiger partial charge < -0.3 is 8.80 Å². The Labute approximate surface area is 219 Å². The molecule has 4 aromatic heterocycles. The molecule has 0 aliphatic carbocycles. The number of aromatic nitrogens is 2. The highest BCUT2D eigenvalue weighted by atomic mass is 19.4. The summed E-state index contributed by atoms with van der Waals surface area (Å²) in [6, 6.07) is 22.7. The zero-order valence-corrected chi connectivity index (χ0v) is 20.2. The molecule has 0 unspecified atom stereocenters. The van der Waals surface area contributed by atoms with Crippen molar-refractivity contribution in [2.45, 2.75) is 12.4 Å². The number of benzene rings is 5. The molecule has 0 spiro atoms. The van der Waals surface area contributed by atoms with E-state index in [-0.39, 0.29) is 10.8 Å². The van der Waals surface area contributed by atoms with Crippen molar-refractivity contribution in [1.29, 1.82) is 0 Å². The Morgan fingerprint density at radius 1 is 0.375 bits per heavy atom. The first kappa shape index (κ1) is 22.1. The Morgan fingerprint density at radius 2 is 0.750 bits per heavy atom. The minimum atomic E-state index is -4.63. The Balaban J connectivity index is 1.78. The molecule has 0 radical (unpaired) electrons. The van der Waals surface area contributed by atoms with Gasteiger partial charge in [-0.2, -0.15) is 26.3 Å². The highest BCUT2D eigenvalue weighted by Crippen LogP contribution is 2.54. The van der Waals surface area contributed by atoms with Crippen LogP contribution in [0.2, 0.25) is 0 Å². The second-order valence-corrected chi connectivity index (χ2v) is 10.3. The van der Waals surface area contributed by atoms with Crippen molar-refractivity contribution >= 4 is 76.2 Å². The number of hydrogen-bond acceptors (Lipinski definition) is 0. The quantitative estimate of drug-likeness (QED) is 0.169.